The molecule has 2 aromatic carbocycles. The molecule has 29 heavy (non-hydrogen) atoms. The number of nitrogens with zero attached hydrogens (tertiary/aromatic N) is 1. The van der Waals surface area contributed by atoms with E-state index < -0.39 is 17.4 Å². The van der Waals surface area contributed by atoms with Crippen molar-refractivity contribution in [3.8, 4) is 0 Å². The first-order valence-electron chi connectivity index (χ1n) is 9.27. The van der Waals surface area contributed by atoms with Crippen LogP contribution in [-0.2, 0) is 22.6 Å². The fourth-order valence-electron chi connectivity index (χ4n) is 2.80. The molecule has 4 nitrogen and oxygen atoms in total. The van der Waals surface area contributed by atoms with Crippen LogP contribution in [0, 0.1) is 5.82 Å². The van der Waals surface area contributed by atoms with E-state index in [4.69, 9.17) is 23.2 Å². The molecule has 0 spiro atoms. The van der Waals surface area contributed by atoms with E-state index in [1.165, 1.54) is 11.0 Å². The van der Waals surface area contributed by atoms with Gasteiger partial charge in [-0.25, -0.2) is 4.39 Å². The van der Waals surface area contributed by atoms with Crippen molar-refractivity contribution in [3.05, 3.63) is 69.5 Å². The summed E-state index contributed by atoms with van der Waals surface area (Å²) in [4.78, 5) is 27.2. The van der Waals surface area contributed by atoms with Gasteiger partial charge in [0.25, 0.3) is 0 Å². The minimum absolute atomic E-state index is 0.0992. The summed E-state index contributed by atoms with van der Waals surface area (Å²) in [6.07, 6.45) is -0.162. The minimum atomic E-state index is -0.778. The molecule has 2 rings (SSSR count). The largest absolute Gasteiger partial charge is 0.350 e. The summed E-state index contributed by atoms with van der Waals surface area (Å²) in [6.45, 7) is 7.32. The smallest absolute Gasteiger partial charge is 0.242 e. The Morgan fingerprint density at radius 1 is 1.10 bits per heavy atom. The second-order valence-electron chi connectivity index (χ2n) is 7.94. The van der Waals surface area contributed by atoms with Crippen LogP contribution in [0.25, 0.3) is 0 Å². The summed E-state index contributed by atoms with van der Waals surface area (Å²) in [7, 11) is 0. The molecule has 0 aromatic heterocycles. The Bertz CT molecular complexity index is 897. The minimum Gasteiger partial charge on any atom is -0.350 e. The van der Waals surface area contributed by atoms with E-state index >= 15 is 0 Å². The molecular weight excluding hydrogens is 414 g/mol. The van der Waals surface area contributed by atoms with Crippen molar-refractivity contribution in [1.82, 2.24) is 10.2 Å². The zero-order valence-electron chi connectivity index (χ0n) is 16.9. The van der Waals surface area contributed by atoms with E-state index in [2.05, 4.69) is 5.32 Å². The van der Waals surface area contributed by atoms with Gasteiger partial charge >= 0.3 is 0 Å². The van der Waals surface area contributed by atoms with E-state index in [0.29, 0.717) is 15.6 Å². The second-order valence-corrected chi connectivity index (χ2v) is 8.78. The number of rotatable bonds is 6. The molecule has 0 bridgehead atoms. The number of carbonyl (C=O) groups is 2. The lowest BCUT2D eigenvalue weighted by molar-refractivity contribution is -0.140. The maximum absolute atomic E-state index is 14.0. The van der Waals surface area contributed by atoms with Gasteiger partial charge in [0.1, 0.15) is 11.9 Å². The van der Waals surface area contributed by atoms with Gasteiger partial charge in [0.05, 0.1) is 6.42 Å². The number of hydrogen-bond acceptors (Lipinski definition) is 2. The molecule has 0 fully saturated rings. The van der Waals surface area contributed by atoms with Gasteiger partial charge in [0.2, 0.25) is 11.8 Å². The van der Waals surface area contributed by atoms with Crippen molar-refractivity contribution in [1.29, 1.82) is 0 Å². The third-order valence-corrected chi connectivity index (χ3v) is 4.91. The molecule has 7 heteroatoms. The molecule has 0 aliphatic rings. The number of hydrogen-bond donors (Lipinski definition) is 1. The average molecular weight is 439 g/mol. The molecule has 0 saturated carbocycles. The molecule has 0 aliphatic heterocycles. The van der Waals surface area contributed by atoms with Crippen LogP contribution < -0.4 is 5.32 Å². The molecule has 0 heterocycles. The van der Waals surface area contributed by atoms with Crippen molar-refractivity contribution in [2.45, 2.75) is 52.2 Å². The standard InChI is InChI=1S/C22H25Cl2FN2O2/c1-14(21(29)26-22(2,3)4)27(13-16-9-10-17(23)12-18(16)24)20(28)11-15-7-5-6-8-19(15)25/h5-10,12,14H,11,13H2,1-4H3,(H,26,29)/t14-/m0/s1. The van der Waals surface area contributed by atoms with Crippen LogP contribution in [0.3, 0.4) is 0 Å². The Hall–Kier alpha value is -2.11. The molecule has 1 atom stereocenters. The monoisotopic (exact) mass is 438 g/mol. The van der Waals surface area contributed by atoms with Gasteiger partial charge in [-0.05, 0) is 57.0 Å². The van der Waals surface area contributed by atoms with Crippen molar-refractivity contribution in [3.63, 3.8) is 0 Å². The van der Waals surface area contributed by atoms with Crippen LogP contribution >= 0.6 is 23.2 Å². The molecule has 0 aliphatic carbocycles. The van der Waals surface area contributed by atoms with Gasteiger partial charge in [-0.3, -0.25) is 9.59 Å². The van der Waals surface area contributed by atoms with Gasteiger partial charge in [-0.1, -0.05) is 47.5 Å². The Morgan fingerprint density at radius 3 is 2.34 bits per heavy atom. The molecule has 0 saturated heterocycles. The molecule has 156 valence electrons. The Labute approximate surface area is 181 Å². The second kappa shape index (κ2) is 9.59. The van der Waals surface area contributed by atoms with E-state index in [9.17, 15) is 14.0 Å². The van der Waals surface area contributed by atoms with Crippen LogP contribution in [0.4, 0.5) is 4.39 Å². The molecule has 2 aromatic rings. The number of benzene rings is 2. The van der Waals surface area contributed by atoms with Crippen LogP contribution in [-0.4, -0.2) is 28.3 Å². The lowest BCUT2D eigenvalue weighted by Gasteiger charge is -2.31. The third kappa shape index (κ3) is 6.72. The predicted molar refractivity (Wildman–Crippen MR) is 114 cm³/mol. The number of nitrogens with one attached hydrogen (secondary N) is 1. The van der Waals surface area contributed by atoms with Gasteiger partial charge in [-0.2, -0.15) is 0 Å². The summed E-state index contributed by atoms with van der Waals surface area (Å²) in [6, 6.07) is 10.3. The first kappa shape index (κ1) is 23.2. The molecule has 0 unspecified atom stereocenters. The maximum atomic E-state index is 14.0. The SMILES string of the molecule is C[C@@H](C(=O)NC(C)(C)C)N(Cc1ccc(Cl)cc1Cl)C(=O)Cc1ccccc1F. The Kier molecular flexibility index (Phi) is 7.66. The highest BCUT2D eigenvalue weighted by molar-refractivity contribution is 6.35. The van der Waals surface area contributed by atoms with Crippen molar-refractivity contribution in [2.24, 2.45) is 0 Å². The number of carbonyl (C=O) groups excluding carboxylic acids is 2. The topological polar surface area (TPSA) is 49.4 Å². The average Bonchev–Trinajstić information content (AvgIpc) is 2.61. The Balaban J connectivity index is 2.32. The predicted octanol–water partition coefficient (Wildman–Crippen LogP) is 5.01. The van der Waals surface area contributed by atoms with Crippen LogP contribution in [0.5, 0.6) is 0 Å². The number of amides is 2. The molecule has 1 N–H and O–H groups in total. The van der Waals surface area contributed by atoms with Crippen LogP contribution in [0.2, 0.25) is 10.0 Å². The lowest BCUT2D eigenvalue weighted by Crippen LogP contribution is -2.52. The summed E-state index contributed by atoms with van der Waals surface area (Å²) >= 11 is 12.2. The zero-order chi connectivity index (χ0) is 21.8. The van der Waals surface area contributed by atoms with Crippen molar-refractivity contribution < 1.29 is 14.0 Å². The first-order valence-corrected chi connectivity index (χ1v) is 10.0. The van der Waals surface area contributed by atoms with Crippen molar-refractivity contribution >= 4 is 35.0 Å². The summed E-state index contributed by atoms with van der Waals surface area (Å²) < 4.78 is 14.0. The molecular formula is C22H25Cl2FN2O2. The first-order chi connectivity index (χ1) is 13.5. The van der Waals surface area contributed by atoms with E-state index in [1.54, 1.807) is 43.3 Å². The highest BCUT2D eigenvalue weighted by atomic mass is 35.5. The number of halogens is 3. The van der Waals surface area contributed by atoms with E-state index in [-0.39, 0.29) is 30.3 Å². The van der Waals surface area contributed by atoms with Crippen LogP contribution in [0.1, 0.15) is 38.8 Å². The Morgan fingerprint density at radius 2 is 1.76 bits per heavy atom. The summed E-state index contributed by atoms with van der Waals surface area (Å²) in [5.74, 6) is -1.14. The van der Waals surface area contributed by atoms with Crippen LogP contribution in [0.15, 0.2) is 42.5 Å². The highest BCUT2D eigenvalue weighted by Crippen LogP contribution is 2.24. The third-order valence-electron chi connectivity index (χ3n) is 4.32. The fraction of sp³-hybridized carbons (Fsp3) is 0.364. The molecule has 0 radical (unpaired) electrons. The van der Waals surface area contributed by atoms with E-state index in [0.717, 1.165) is 0 Å². The van der Waals surface area contributed by atoms with Gasteiger partial charge in [0, 0.05) is 22.1 Å². The van der Waals surface area contributed by atoms with Crippen molar-refractivity contribution in [2.75, 3.05) is 0 Å². The molecule has 2 amide bonds. The summed E-state index contributed by atoms with van der Waals surface area (Å²) in [5.41, 5.74) is 0.463. The van der Waals surface area contributed by atoms with Gasteiger partial charge in [0.15, 0.2) is 0 Å². The zero-order valence-corrected chi connectivity index (χ0v) is 18.4. The summed E-state index contributed by atoms with van der Waals surface area (Å²) in [5, 5.41) is 3.74. The van der Waals surface area contributed by atoms with E-state index in [1.807, 2.05) is 20.8 Å². The fourth-order valence-corrected chi connectivity index (χ4v) is 3.26. The quantitative estimate of drug-likeness (QED) is 0.688. The normalized spacial score (nSPS) is 12.4. The van der Waals surface area contributed by atoms with Gasteiger partial charge < -0.3 is 10.2 Å². The highest BCUT2D eigenvalue weighted by Gasteiger charge is 2.29. The maximum Gasteiger partial charge on any atom is 0.242 e. The van der Waals surface area contributed by atoms with Gasteiger partial charge in [-0.15, -0.1) is 0 Å². The lowest BCUT2D eigenvalue weighted by atomic mass is 10.1.